The topological polar surface area (TPSA) is 47.5 Å². The molecule has 0 N–H and O–H groups in total. The zero-order valence-electron chi connectivity index (χ0n) is 12.4. The van der Waals surface area contributed by atoms with Crippen LogP contribution >= 0.6 is 0 Å². The van der Waals surface area contributed by atoms with Crippen molar-refractivity contribution in [2.24, 2.45) is 0 Å². The van der Waals surface area contributed by atoms with Gasteiger partial charge in [0.2, 0.25) is 5.95 Å². The monoisotopic (exact) mass is 265 g/mol. The Morgan fingerprint density at radius 3 is 2.84 bits per heavy atom. The summed E-state index contributed by atoms with van der Waals surface area (Å²) in [6.45, 7) is 10.3. The summed E-state index contributed by atoms with van der Waals surface area (Å²) in [5.74, 6) is 0.778. The van der Waals surface area contributed by atoms with E-state index < -0.39 is 0 Å². The quantitative estimate of drug-likeness (QED) is 0.833. The predicted octanol–water partition coefficient (Wildman–Crippen LogP) is 1.72. The lowest BCUT2D eigenvalue weighted by Crippen LogP contribution is -2.54. The molecule has 1 saturated heterocycles. The van der Waals surface area contributed by atoms with Crippen LogP contribution in [0.3, 0.4) is 0 Å². The fraction of sp³-hybridized carbons (Fsp3) is 0.714. The van der Waals surface area contributed by atoms with Crippen LogP contribution in [-0.2, 0) is 9.47 Å². The van der Waals surface area contributed by atoms with Crippen molar-refractivity contribution in [3.8, 4) is 0 Å². The summed E-state index contributed by atoms with van der Waals surface area (Å²) in [4.78, 5) is 11.2. The van der Waals surface area contributed by atoms with Gasteiger partial charge in [0.15, 0.2) is 0 Å². The number of hydrogen-bond donors (Lipinski definition) is 0. The molecule has 1 aliphatic heterocycles. The third-order valence-electron chi connectivity index (χ3n) is 3.33. The first-order valence-corrected chi connectivity index (χ1v) is 6.63. The number of hydrogen-bond acceptors (Lipinski definition) is 5. The minimum Gasteiger partial charge on any atom is -0.382 e. The van der Waals surface area contributed by atoms with Crippen LogP contribution in [0, 0.1) is 13.8 Å². The molecule has 5 heteroatoms. The molecule has 5 nitrogen and oxygen atoms in total. The van der Waals surface area contributed by atoms with Crippen LogP contribution < -0.4 is 4.90 Å². The Bertz CT molecular complexity index is 448. The van der Waals surface area contributed by atoms with Crippen LogP contribution in [-0.4, -0.2) is 48.5 Å². The Labute approximate surface area is 115 Å². The molecule has 1 aromatic heterocycles. The van der Waals surface area contributed by atoms with Gasteiger partial charge in [-0.3, -0.25) is 0 Å². The van der Waals surface area contributed by atoms with Crippen LogP contribution in [0.5, 0.6) is 0 Å². The average Bonchev–Trinajstić information content (AvgIpc) is 2.31. The van der Waals surface area contributed by atoms with Gasteiger partial charge in [0.1, 0.15) is 0 Å². The highest BCUT2D eigenvalue weighted by atomic mass is 16.5. The van der Waals surface area contributed by atoms with Crippen molar-refractivity contribution < 1.29 is 9.47 Å². The molecule has 1 aliphatic rings. The van der Waals surface area contributed by atoms with E-state index in [0.717, 1.165) is 30.3 Å². The number of morpholine rings is 1. The second-order valence-corrected chi connectivity index (χ2v) is 5.77. The number of ether oxygens (including phenoxy) is 2. The molecule has 0 amide bonds. The van der Waals surface area contributed by atoms with Gasteiger partial charge in [-0.2, -0.15) is 0 Å². The molecule has 19 heavy (non-hydrogen) atoms. The molecule has 2 heterocycles. The van der Waals surface area contributed by atoms with E-state index in [1.165, 1.54) is 0 Å². The molecule has 0 saturated carbocycles. The molecule has 0 radical (unpaired) electrons. The van der Waals surface area contributed by atoms with E-state index in [0.29, 0.717) is 6.61 Å². The van der Waals surface area contributed by atoms with E-state index in [2.05, 4.69) is 28.7 Å². The Morgan fingerprint density at radius 2 is 2.21 bits per heavy atom. The summed E-state index contributed by atoms with van der Waals surface area (Å²) >= 11 is 0. The average molecular weight is 265 g/mol. The summed E-state index contributed by atoms with van der Waals surface area (Å²) in [6.07, 6.45) is 1.94. The fourth-order valence-corrected chi connectivity index (χ4v) is 2.39. The van der Waals surface area contributed by atoms with Gasteiger partial charge in [-0.1, -0.05) is 0 Å². The SMILES string of the molecule is COCC1CN(c2ncc(C)c(C)n2)CC(C)(C)O1. The first kappa shape index (κ1) is 14.2. The second kappa shape index (κ2) is 5.43. The summed E-state index contributed by atoms with van der Waals surface area (Å²) < 4.78 is 11.2. The van der Waals surface area contributed by atoms with Gasteiger partial charge < -0.3 is 14.4 Å². The van der Waals surface area contributed by atoms with Gasteiger partial charge in [0.25, 0.3) is 0 Å². The molecule has 1 aromatic rings. The maximum Gasteiger partial charge on any atom is 0.225 e. The molecule has 106 valence electrons. The van der Waals surface area contributed by atoms with E-state index in [9.17, 15) is 0 Å². The first-order valence-electron chi connectivity index (χ1n) is 6.63. The van der Waals surface area contributed by atoms with Gasteiger partial charge in [0, 0.05) is 32.1 Å². The molecule has 1 atom stereocenters. The Balaban J connectivity index is 2.20. The number of aromatic nitrogens is 2. The molecule has 0 aliphatic carbocycles. The smallest absolute Gasteiger partial charge is 0.225 e. The molecule has 1 fully saturated rings. The lowest BCUT2D eigenvalue weighted by Gasteiger charge is -2.42. The molecular formula is C14H23N3O2. The van der Waals surface area contributed by atoms with E-state index in [1.807, 2.05) is 20.0 Å². The van der Waals surface area contributed by atoms with Gasteiger partial charge in [0.05, 0.1) is 18.3 Å². The maximum absolute atomic E-state index is 6.00. The van der Waals surface area contributed by atoms with E-state index >= 15 is 0 Å². The van der Waals surface area contributed by atoms with Crippen molar-refractivity contribution in [1.82, 2.24) is 9.97 Å². The molecular weight excluding hydrogens is 242 g/mol. The van der Waals surface area contributed by atoms with Crippen molar-refractivity contribution in [1.29, 1.82) is 0 Å². The van der Waals surface area contributed by atoms with Gasteiger partial charge in [-0.05, 0) is 33.3 Å². The standard InChI is InChI=1S/C14H23N3O2/c1-10-6-15-13(16-11(10)2)17-7-12(8-18-5)19-14(3,4)9-17/h6,12H,7-9H2,1-5H3. The molecule has 1 unspecified atom stereocenters. The van der Waals surface area contributed by atoms with Crippen molar-refractivity contribution in [3.05, 3.63) is 17.5 Å². The van der Waals surface area contributed by atoms with Gasteiger partial charge in [-0.25, -0.2) is 9.97 Å². The van der Waals surface area contributed by atoms with Crippen LogP contribution in [0.2, 0.25) is 0 Å². The number of methoxy groups -OCH3 is 1. The minimum absolute atomic E-state index is 0.0546. The molecule has 2 rings (SSSR count). The normalized spacial score (nSPS) is 22.6. The molecule has 0 spiro atoms. The van der Waals surface area contributed by atoms with Crippen LogP contribution in [0.4, 0.5) is 5.95 Å². The summed E-state index contributed by atoms with van der Waals surface area (Å²) in [5, 5.41) is 0. The maximum atomic E-state index is 6.00. The van der Waals surface area contributed by atoms with Crippen molar-refractivity contribution in [3.63, 3.8) is 0 Å². The number of nitrogens with zero attached hydrogens (tertiary/aromatic N) is 3. The van der Waals surface area contributed by atoms with Crippen molar-refractivity contribution >= 4 is 5.95 Å². The Morgan fingerprint density at radius 1 is 1.47 bits per heavy atom. The highest BCUT2D eigenvalue weighted by Gasteiger charge is 2.34. The van der Waals surface area contributed by atoms with Crippen molar-refractivity contribution in [2.45, 2.75) is 39.4 Å². The third-order valence-corrected chi connectivity index (χ3v) is 3.33. The number of rotatable bonds is 3. The summed E-state index contributed by atoms with van der Waals surface area (Å²) in [6, 6.07) is 0. The number of aryl methyl sites for hydroxylation is 2. The Hall–Kier alpha value is -1.20. The van der Waals surface area contributed by atoms with E-state index in [1.54, 1.807) is 7.11 Å². The number of anilines is 1. The summed E-state index contributed by atoms with van der Waals surface area (Å²) in [7, 11) is 1.70. The predicted molar refractivity (Wildman–Crippen MR) is 74.5 cm³/mol. The fourth-order valence-electron chi connectivity index (χ4n) is 2.39. The third kappa shape index (κ3) is 3.42. The van der Waals surface area contributed by atoms with E-state index in [4.69, 9.17) is 9.47 Å². The zero-order chi connectivity index (χ0) is 14.0. The summed E-state index contributed by atoms with van der Waals surface area (Å²) in [5.41, 5.74) is 1.92. The lowest BCUT2D eigenvalue weighted by atomic mass is 10.1. The van der Waals surface area contributed by atoms with Crippen LogP contribution in [0.15, 0.2) is 6.20 Å². The van der Waals surface area contributed by atoms with Crippen LogP contribution in [0.1, 0.15) is 25.1 Å². The Kier molecular flexibility index (Phi) is 4.06. The van der Waals surface area contributed by atoms with E-state index in [-0.39, 0.29) is 11.7 Å². The van der Waals surface area contributed by atoms with Gasteiger partial charge >= 0.3 is 0 Å². The minimum atomic E-state index is -0.219. The highest BCUT2D eigenvalue weighted by Crippen LogP contribution is 2.24. The first-order chi connectivity index (χ1) is 8.91. The highest BCUT2D eigenvalue weighted by molar-refractivity contribution is 5.34. The van der Waals surface area contributed by atoms with Gasteiger partial charge in [-0.15, -0.1) is 0 Å². The lowest BCUT2D eigenvalue weighted by molar-refractivity contribution is -0.106. The second-order valence-electron chi connectivity index (χ2n) is 5.77. The van der Waals surface area contributed by atoms with Crippen molar-refractivity contribution in [2.75, 3.05) is 31.7 Å². The largest absolute Gasteiger partial charge is 0.382 e. The molecule has 0 aromatic carbocycles. The zero-order valence-corrected chi connectivity index (χ0v) is 12.4. The van der Waals surface area contributed by atoms with Crippen LogP contribution in [0.25, 0.3) is 0 Å². The molecule has 0 bridgehead atoms.